The minimum Gasteiger partial charge on any atom is -0.508 e. The fourth-order valence-corrected chi connectivity index (χ4v) is 1.53. The van der Waals surface area contributed by atoms with E-state index >= 15 is 0 Å². The number of hydrogen-bond acceptors (Lipinski definition) is 3. The summed E-state index contributed by atoms with van der Waals surface area (Å²) in [6.07, 6.45) is 2.21. The average Bonchev–Trinajstić information content (AvgIpc) is 2.38. The number of hydrogen-bond donors (Lipinski definition) is 3. The van der Waals surface area contributed by atoms with Gasteiger partial charge in [-0.3, -0.25) is 9.59 Å². The molecule has 0 aliphatic carbocycles. The number of amides is 2. The summed E-state index contributed by atoms with van der Waals surface area (Å²) in [6.45, 7) is 3.50. The van der Waals surface area contributed by atoms with E-state index in [9.17, 15) is 9.59 Å². The van der Waals surface area contributed by atoms with Crippen LogP contribution < -0.4 is 10.6 Å². The van der Waals surface area contributed by atoms with Gasteiger partial charge in [0.1, 0.15) is 11.4 Å². The first-order valence-electron chi connectivity index (χ1n) is 6.03. The molecule has 0 atom stereocenters. The van der Waals surface area contributed by atoms with E-state index in [0.717, 1.165) is 5.56 Å². The van der Waals surface area contributed by atoms with Crippen LogP contribution in [0.2, 0.25) is 0 Å². The molecule has 0 unspecified atom stereocenters. The van der Waals surface area contributed by atoms with E-state index in [0.29, 0.717) is 13.0 Å². The van der Waals surface area contributed by atoms with Crippen molar-refractivity contribution < 1.29 is 14.7 Å². The van der Waals surface area contributed by atoms with Crippen LogP contribution in [0.15, 0.2) is 36.0 Å². The van der Waals surface area contributed by atoms with Gasteiger partial charge in [-0.05, 0) is 31.0 Å². The van der Waals surface area contributed by atoms with Crippen LogP contribution in [-0.4, -0.2) is 23.5 Å². The van der Waals surface area contributed by atoms with Crippen LogP contribution in [0.1, 0.15) is 19.4 Å². The van der Waals surface area contributed by atoms with Gasteiger partial charge in [-0.1, -0.05) is 18.2 Å². The summed E-state index contributed by atoms with van der Waals surface area (Å²) in [5.41, 5.74) is 1.26. The van der Waals surface area contributed by atoms with Crippen LogP contribution >= 0.6 is 0 Å². The number of benzene rings is 1. The van der Waals surface area contributed by atoms with Gasteiger partial charge < -0.3 is 15.7 Å². The van der Waals surface area contributed by atoms with Crippen molar-refractivity contribution in [2.75, 3.05) is 6.54 Å². The Morgan fingerprint density at radius 2 is 1.89 bits per heavy atom. The molecular formula is C14H18N2O3. The molecular weight excluding hydrogens is 244 g/mol. The standard InChI is InChI=1S/C14H18N2O3/c1-3-13(16-10(2)17)14(19)15-9-8-11-4-6-12(18)7-5-11/h3-7,18H,8-9H2,1-2H3,(H,15,19)(H,16,17). The van der Waals surface area contributed by atoms with Gasteiger partial charge in [0.15, 0.2) is 0 Å². The fraction of sp³-hybridized carbons (Fsp3) is 0.286. The van der Waals surface area contributed by atoms with Crippen LogP contribution in [0.4, 0.5) is 0 Å². The molecule has 0 heterocycles. The first kappa shape index (κ1) is 14.8. The van der Waals surface area contributed by atoms with E-state index in [1.165, 1.54) is 6.92 Å². The number of aromatic hydroxyl groups is 1. The van der Waals surface area contributed by atoms with Gasteiger partial charge in [-0.2, -0.15) is 0 Å². The van der Waals surface area contributed by atoms with E-state index < -0.39 is 0 Å². The molecule has 102 valence electrons. The summed E-state index contributed by atoms with van der Waals surface area (Å²) in [6, 6.07) is 6.80. The Morgan fingerprint density at radius 1 is 1.26 bits per heavy atom. The van der Waals surface area contributed by atoms with Crippen molar-refractivity contribution in [2.45, 2.75) is 20.3 Å². The number of phenols is 1. The fourth-order valence-electron chi connectivity index (χ4n) is 1.53. The van der Waals surface area contributed by atoms with Crippen molar-refractivity contribution in [3.8, 4) is 5.75 Å². The maximum absolute atomic E-state index is 11.7. The van der Waals surface area contributed by atoms with E-state index in [1.807, 2.05) is 0 Å². The summed E-state index contributed by atoms with van der Waals surface area (Å²) in [7, 11) is 0. The summed E-state index contributed by atoms with van der Waals surface area (Å²) in [4.78, 5) is 22.6. The zero-order valence-electron chi connectivity index (χ0n) is 11.1. The Bertz CT molecular complexity index is 478. The Labute approximate surface area is 112 Å². The van der Waals surface area contributed by atoms with Crippen LogP contribution in [-0.2, 0) is 16.0 Å². The minimum absolute atomic E-state index is 0.217. The molecule has 0 spiro atoms. The van der Waals surface area contributed by atoms with Gasteiger partial charge in [-0.25, -0.2) is 0 Å². The molecule has 0 radical (unpaired) electrons. The summed E-state index contributed by atoms with van der Waals surface area (Å²) < 4.78 is 0. The van der Waals surface area contributed by atoms with Crippen LogP contribution in [0.25, 0.3) is 0 Å². The second-order valence-corrected chi connectivity index (χ2v) is 4.06. The van der Waals surface area contributed by atoms with Gasteiger partial charge >= 0.3 is 0 Å². The molecule has 0 aliphatic rings. The largest absolute Gasteiger partial charge is 0.508 e. The molecule has 0 aliphatic heterocycles. The Hall–Kier alpha value is -2.30. The number of allylic oxidation sites excluding steroid dienone is 1. The first-order chi connectivity index (χ1) is 9.02. The highest BCUT2D eigenvalue weighted by Gasteiger charge is 2.08. The highest BCUT2D eigenvalue weighted by Crippen LogP contribution is 2.09. The first-order valence-corrected chi connectivity index (χ1v) is 6.03. The zero-order chi connectivity index (χ0) is 14.3. The number of carbonyl (C=O) groups is 2. The second kappa shape index (κ2) is 7.20. The van der Waals surface area contributed by atoms with Crippen LogP contribution in [0.5, 0.6) is 5.75 Å². The monoisotopic (exact) mass is 262 g/mol. The molecule has 0 saturated heterocycles. The van der Waals surface area contributed by atoms with Crippen molar-refractivity contribution in [3.05, 3.63) is 41.6 Å². The molecule has 0 bridgehead atoms. The lowest BCUT2D eigenvalue weighted by molar-refractivity contribution is -0.122. The van der Waals surface area contributed by atoms with Gasteiger partial charge in [-0.15, -0.1) is 0 Å². The highest BCUT2D eigenvalue weighted by molar-refractivity contribution is 5.96. The molecule has 2 amide bonds. The molecule has 0 saturated carbocycles. The van der Waals surface area contributed by atoms with Crippen molar-refractivity contribution in [1.82, 2.24) is 10.6 Å². The van der Waals surface area contributed by atoms with Gasteiger partial charge in [0, 0.05) is 13.5 Å². The van der Waals surface area contributed by atoms with Crippen molar-refractivity contribution in [2.24, 2.45) is 0 Å². The van der Waals surface area contributed by atoms with E-state index in [4.69, 9.17) is 5.11 Å². The molecule has 1 aromatic carbocycles. The molecule has 19 heavy (non-hydrogen) atoms. The predicted molar refractivity (Wildman–Crippen MR) is 72.4 cm³/mol. The summed E-state index contributed by atoms with van der Waals surface area (Å²) in [5.74, 6) is -0.368. The summed E-state index contributed by atoms with van der Waals surface area (Å²) >= 11 is 0. The maximum Gasteiger partial charge on any atom is 0.267 e. The normalized spacial score (nSPS) is 10.9. The SMILES string of the molecule is CC=C(NC(C)=O)C(=O)NCCc1ccc(O)cc1. The molecule has 1 rings (SSSR count). The lowest BCUT2D eigenvalue weighted by Crippen LogP contribution is -2.34. The maximum atomic E-state index is 11.7. The molecule has 5 heteroatoms. The topological polar surface area (TPSA) is 78.4 Å². The van der Waals surface area contributed by atoms with Gasteiger partial charge in [0.2, 0.25) is 5.91 Å². The van der Waals surface area contributed by atoms with Gasteiger partial charge in [0.25, 0.3) is 5.91 Å². The number of nitrogens with one attached hydrogen (secondary N) is 2. The van der Waals surface area contributed by atoms with Crippen LogP contribution in [0, 0.1) is 0 Å². The lowest BCUT2D eigenvalue weighted by Gasteiger charge is -2.09. The second-order valence-electron chi connectivity index (χ2n) is 4.06. The Kier molecular flexibility index (Phi) is 5.60. The number of carbonyl (C=O) groups excluding carboxylic acids is 2. The lowest BCUT2D eigenvalue weighted by atomic mass is 10.1. The van der Waals surface area contributed by atoms with E-state index in [-0.39, 0.29) is 23.3 Å². The van der Waals surface area contributed by atoms with E-state index in [1.54, 1.807) is 37.3 Å². The predicted octanol–water partition coefficient (Wildman–Crippen LogP) is 1.09. The van der Waals surface area contributed by atoms with E-state index in [2.05, 4.69) is 10.6 Å². The molecule has 0 fully saturated rings. The molecule has 0 aromatic heterocycles. The van der Waals surface area contributed by atoms with Crippen molar-refractivity contribution in [1.29, 1.82) is 0 Å². The van der Waals surface area contributed by atoms with Crippen LogP contribution in [0.3, 0.4) is 0 Å². The minimum atomic E-state index is -0.309. The molecule has 3 N–H and O–H groups in total. The third-order valence-corrected chi connectivity index (χ3v) is 2.48. The Balaban J connectivity index is 2.42. The number of rotatable bonds is 5. The average molecular weight is 262 g/mol. The van der Waals surface area contributed by atoms with Crippen molar-refractivity contribution in [3.63, 3.8) is 0 Å². The van der Waals surface area contributed by atoms with Gasteiger partial charge in [0.05, 0.1) is 0 Å². The quantitative estimate of drug-likeness (QED) is 0.695. The third-order valence-electron chi connectivity index (χ3n) is 2.48. The smallest absolute Gasteiger partial charge is 0.267 e. The third kappa shape index (κ3) is 5.25. The highest BCUT2D eigenvalue weighted by atomic mass is 16.3. The molecule has 5 nitrogen and oxygen atoms in total. The Morgan fingerprint density at radius 3 is 2.42 bits per heavy atom. The molecule has 1 aromatic rings. The number of phenolic OH excluding ortho intramolecular Hbond substituents is 1. The zero-order valence-corrected chi connectivity index (χ0v) is 11.1. The van der Waals surface area contributed by atoms with Crippen molar-refractivity contribution >= 4 is 11.8 Å². The summed E-state index contributed by atoms with van der Waals surface area (Å²) in [5, 5.41) is 14.3.